The lowest BCUT2D eigenvalue weighted by Crippen LogP contribution is -2.61. The van der Waals surface area contributed by atoms with Crippen LogP contribution in [0.4, 0.5) is 0 Å². The zero-order valence-corrected chi connectivity index (χ0v) is 15.9. The Labute approximate surface area is 146 Å². The minimum atomic E-state index is -0.757. The van der Waals surface area contributed by atoms with Crippen molar-refractivity contribution in [3.8, 4) is 0 Å². The van der Waals surface area contributed by atoms with Crippen LogP contribution in [0.5, 0.6) is 0 Å². The molecule has 0 radical (unpaired) electrons. The van der Waals surface area contributed by atoms with Crippen molar-refractivity contribution in [1.29, 1.82) is 0 Å². The van der Waals surface area contributed by atoms with E-state index in [1.165, 1.54) is 0 Å². The van der Waals surface area contributed by atoms with Gasteiger partial charge in [-0.05, 0) is 55.8 Å². The summed E-state index contributed by atoms with van der Waals surface area (Å²) < 4.78 is 5.49. The average Bonchev–Trinajstić information content (AvgIpc) is 3.30. The molecule has 1 N–H and O–H groups in total. The molecule has 4 heteroatoms. The Bertz CT molecular complexity index is 632. The Morgan fingerprint density at radius 1 is 1.29 bits per heavy atom. The third kappa shape index (κ3) is 1.72. The smallest absolute Gasteiger partial charge is 0.142 e. The fraction of sp³-hybridized carbons (Fsp3) is 0.850. The first-order valence-corrected chi connectivity index (χ1v) is 10.1. The van der Waals surface area contributed by atoms with Gasteiger partial charge in [-0.2, -0.15) is 0 Å². The van der Waals surface area contributed by atoms with E-state index in [1.807, 2.05) is 0 Å². The highest BCUT2D eigenvalue weighted by atomic mass is 31.0. The number of Topliss-reactive ketones (excluding diaryl/α,β-unsaturated/α-hetero) is 1. The molecule has 0 heterocycles. The molecule has 0 aromatic heterocycles. The highest BCUT2D eigenvalue weighted by Gasteiger charge is 2.71. The van der Waals surface area contributed by atoms with E-state index in [4.69, 9.17) is 4.52 Å². The first-order valence-electron chi connectivity index (χ1n) is 9.66. The minimum absolute atomic E-state index is 0.0799. The van der Waals surface area contributed by atoms with Crippen molar-refractivity contribution in [1.82, 2.24) is 0 Å². The molecule has 0 bridgehead atoms. The number of rotatable bonds is 1. The number of hydrogen-bond donors (Lipinski definition) is 1. The highest BCUT2D eigenvalue weighted by molar-refractivity contribution is 7.09. The maximum Gasteiger partial charge on any atom is 0.142 e. The van der Waals surface area contributed by atoms with Crippen LogP contribution in [0.15, 0.2) is 12.2 Å². The van der Waals surface area contributed by atoms with Crippen LogP contribution in [0.1, 0.15) is 52.4 Å². The molecule has 0 saturated heterocycles. The van der Waals surface area contributed by atoms with E-state index >= 15 is 0 Å². The molecule has 5 rings (SSSR count). The van der Waals surface area contributed by atoms with Crippen LogP contribution in [0.2, 0.25) is 0 Å². The van der Waals surface area contributed by atoms with Crippen molar-refractivity contribution < 1.29 is 14.4 Å². The maximum atomic E-state index is 12.8. The van der Waals surface area contributed by atoms with Crippen LogP contribution in [-0.2, 0) is 9.32 Å². The van der Waals surface area contributed by atoms with Crippen LogP contribution in [0.25, 0.3) is 0 Å². The molecular weight excluding hydrogens is 319 g/mol. The minimum Gasteiger partial charge on any atom is -0.385 e. The van der Waals surface area contributed by atoms with Crippen molar-refractivity contribution in [3.63, 3.8) is 0 Å². The average molecular weight is 348 g/mol. The lowest BCUT2D eigenvalue weighted by atomic mass is 9.45. The van der Waals surface area contributed by atoms with E-state index < -0.39 is 5.60 Å². The SMILES string of the molecule is C[C@]12CCC3C(C=C[C@]4(O)C[C@@H](OP)CC[C@]34C)C1C1C[C@@H]1C2=O. The Kier molecular flexibility index (Phi) is 3.14. The van der Waals surface area contributed by atoms with Crippen LogP contribution in [-0.4, -0.2) is 22.6 Å². The number of ketones is 1. The molecule has 132 valence electrons. The monoisotopic (exact) mass is 348 g/mol. The van der Waals surface area contributed by atoms with Gasteiger partial charge in [0.25, 0.3) is 0 Å². The normalized spacial score (nSPS) is 60.9. The molecule has 0 aromatic carbocycles. The van der Waals surface area contributed by atoms with Crippen molar-refractivity contribution >= 4 is 15.2 Å². The molecule has 0 spiro atoms. The third-order valence-electron chi connectivity index (χ3n) is 8.91. The summed E-state index contributed by atoms with van der Waals surface area (Å²) in [5.41, 5.74) is -0.929. The summed E-state index contributed by atoms with van der Waals surface area (Å²) in [6, 6.07) is 0. The van der Waals surface area contributed by atoms with Crippen molar-refractivity contribution in [2.24, 2.45) is 40.4 Å². The van der Waals surface area contributed by atoms with Gasteiger partial charge >= 0.3 is 0 Å². The second-order valence-electron chi connectivity index (χ2n) is 9.74. The Balaban J connectivity index is 1.55. The van der Waals surface area contributed by atoms with Gasteiger partial charge in [0.2, 0.25) is 0 Å². The second-order valence-corrected chi connectivity index (χ2v) is 10.0. The van der Waals surface area contributed by atoms with Gasteiger partial charge in [0, 0.05) is 32.6 Å². The number of fused-ring (bicyclic) bond motifs is 7. The molecule has 5 aliphatic carbocycles. The van der Waals surface area contributed by atoms with E-state index in [9.17, 15) is 9.90 Å². The molecule has 5 unspecified atom stereocenters. The number of allylic oxidation sites excluding steroid dienone is 1. The summed E-state index contributed by atoms with van der Waals surface area (Å²) in [5, 5.41) is 11.5. The number of aliphatic hydroxyl groups is 1. The van der Waals surface area contributed by atoms with Gasteiger partial charge in [-0.1, -0.05) is 26.0 Å². The van der Waals surface area contributed by atoms with E-state index in [2.05, 4.69) is 35.5 Å². The third-order valence-corrected chi connectivity index (χ3v) is 9.29. The summed E-state index contributed by atoms with van der Waals surface area (Å²) in [6.45, 7) is 4.54. The molecule has 3 nitrogen and oxygen atoms in total. The van der Waals surface area contributed by atoms with E-state index in [-0.39, 0.29) is 16.9 Å². The zero-order chi connectivity index (χ0) is 16.9. The van der Waals surface area contributed by atoms with Crippen molar-refractivity contribution in [3.05, 3.63) is 12.2 Å². The second kappa shape index (κ2) is 4.72. The predicted molar refractivity (Wildman–Crippen MR) is 95.0 cm³/mol. The van der Waals surface area contributed by atoms with Gasteiger partial charge in [-0.15, -0.1) is 0 Å². The molecule has 24 heavy (non-hydrogen) atoms. The first-order chi connectivity index (χ1) is 11.3. The van der Waals surface area contributed by atoms with E-state index in [0.29, 0.717) is 41.8 Å². The summed E-state index contributed by atoms with van der Waals surface area (Å²) in [4.78, 5) is 12.8. The molecule has 0 aliphatic heterocycles. The first kappa shape index (κ1) is 16.0. The fourth-order valence-corrected chi connectivity index (χ4v) is 7.61. The molecule has 0 amide bonds. The number of carbonyl (C=O) groups excluding carboxylic acids is 1. The molecule has 4 saturated carbocycles. The summed E-state index contributed by atoms with van der Waals surface area (Å²) in [5.74, 6) is 3.04. The zero-order valence-electron chi connectivity index (χ0n) is 14.7. The van der Waals surface area contributed by atoms with Gasteiger partial charge in [0.15, 0.2) is 0 Å². The fourth-order valence-electron chi connectivity index (χ4n) is 7.38. The maximum absolute atomic E-state index is 12.8. The Hall–Kier alpha value is -0.240. The van der Waals surface area contributed by atoms with E-state index in [0.717, 1.165) is 32.1 Å². The van der Waals surface area contributed by atoms with Crippen LogP contribution in [0, 0.1) is 40.4 Å². The number of hydrogen-bond acceptors (Lipinski definition) is 3. The van der Waals surface area contributed by atoms with Gasteiger partial charge in [0.05, 0.1) is 11.7 Å². The van der Waals surface area contributed by atoms with Crippen LogP contribution < -0.4 is 0 Å². The summed E-state index contributed by atoms with van der Waals surface area (Å²) >= 11 is 0. The Morgan fingerprint density at radius 2 is 2.08 bits per heavy atom. The van der Waals surface area contributed by atoms with Gasteiger partial charge in [-0.3, -0.25) is 4.79 Å². The van der Waals surface area contributed by atoms with Gasteiger partial charge in [0.1, 0.15) is 5.78 Å². The summed E-state index contributed by atoms with van der Waals surface area (Å²) in [7, 11) is 2.37. The predicted octanol–water partition coefficient (Wildman–Crippen LogP) is 3.52. The lowest BCUT2D eigenvalue weighted by Gasteiger charge is -2.61. The van der Waals surface area contributed by atoms with E-state index in [1.54, 1.807) is 0 Å². The quantitative estimate of drug-likeness (QED) is 0.583. The van der Waals surface area contributed by atoms with Crippen molar-refractivity contribution in [2.75, 3.05) is 0 Å². The molecular formula is C20H29O3P. The van der Waals surface area contributed by atoms with Crippen molar-refractivity contribution in [2.45, 2.75) is 64.1 Å². The lowest BCUT2D eigenvalue weighted by molar-refractivity contribution is -0.165. The highest BCUT2D eigenvalue weighted by Crippen LogP contribution is 2.71. The van der Waals surface area contributed by atoms with Gasteiger partial charge < -0.3 is 9.63 Å². The molecule has 5 aliphatic rings. The largest absolute Gasteiger partial charge is 0.385 e. The summed E-state index contributed by atoms with van der Waals surface area (Å²) in [6.07, 6.45) is 10.5. The van der Waals surface area contributed by atoms with Crippen LogP contribution >= 0.6 is 9.47 Å². The molecule has 4 fully saturated rings. The topological polar surface area (TPSA) is 46.5 Å². The standard InChI is InChI=1S/C20H29O3P/c1-18-6-5-15-12(16(18)13-9-14(13)17(18)21)4-8-20(22)10-11(23-24)3-7-19(15,20)2/h4,8,11-16,22H,3,5-7,9-10,24H2,1-2H3/t11-,12?,13?,14-,15?,16?,18-,19+,20-/m0/s1. The number of carbonyl (C=O) groups is 1. The molecule has 10 atom stereocenters. The van der Waals surface area contributed by atoms with Gasteiger partial charge in [-0.25, -0.2) is 0 Å². The van der Waals surface area contributed by atoms with Crippen LogP contribution in [0.3, 0.4) is 0 Å². The Morgan fingerprint density at radius 3 is 2.83 bits per heavy atom. The molecule has 0 aromatic rings.